The summed E-state index contributed by atoms with van der Waals surface area (Å²) in [5.41, 5.74) is 10.6. The smallest absolute Gasteiger partial charge is 0.133 e. The lowest BCUT2D eigenvalue weighted by molar-refractivity contribution is 0.245. The largest absolute Gasteiger partial charge is 0.398 e. The topological polar surface area (TPSA) is 42.1 Å². The van der Waals surface area contributed by atoms with Gasteiger partial charge in [0.25, 0.3) is 0 Å². The molecule has 0 saturated carbocycles. The monoisotopic (exact) mass is 273 g/mol. The Bertz CT molecular complexity index is 598. The zero-order valence-corrected chi connectivity index (χ0v) is 11.4. The molecule has 0 atom stereocenters. The van der Waals surface area contributed by atoms with Crippen LogP contribution in [0, 0.1) is 0 Å². The molecule has 1 aromatic carbocycles. The van der Waals surface area contributed by atoms with Gasteiger partial charge in [-0.3, -0.25) is 4.90 Å². The van der Waals surface area contributed by atoms with E-state index in [1.807, 2.05) is 24.3 Å². The molecule has 0 bridgehead atoms. The highest BCUT2D eigenvalue weighted by Gasteiger charge is 2.18. The number of hydrogen-bond donors (Lipinski definition) is 1. The molecular weight excluding hydrogens is 258 g/mol. The molecular formula is C15H16ClN3. The first kappa shape index (κ1) is 12.5. The van der Waals surface area contributed by atoms with Gasteiger partial charge in [0.1, 0.15) is 5.15 Å². The normalized spacial score (nSPS) is 15.2. The Morgan fingerprint density at radius 2 is 2.16 bits per heavy atom. The summed E-state index contributed by atoms with van der Waals surface area (Å²) in [6.45, 7) is 2.76. The maximum Gasteiger partial charge on any atom is 0.133 e. The van der Waals surface area contributed by atoms with Crippen LogP contribution in [0.4, 0.5) is 5.69 Å². The van der Waals surface area contributed by atoms with Crippen molar-refractivity contribution in [3.8, 4) is 0 Å². The van der Waals surface area contributed by atoms with Crippen LogP contribution in [0.1, 0.15) is 16.7 Å². The summed E-state index contributed by atoms with van der Waals surface area (Å²) in [5, 5.41) is 0.598. The van der Waals surface area contributed by atoms with E-state index >= 15 is 0 Å². The highest BCUT2D eigenvalue weighted by atomic mass is 35.5. The van der Waals surface area contributed by atoms with E-state index in [-0.39, 0.29) is 0 Å². The third kappa shape index (κ3) is 2.57. The molecule has 0 spiro atoms. The fraction of sp³-hybridized carbons (Fsp3) is 0.267. The Morgan fingerprint density at radius 1 is 1.26 bits per heavy atom. The minimum Gasteiger partial charge on any atom is -0.398 e. The molecule has 0 fully saturated rings. The van der Waals surface area contributed by atoms with Crippen molar-refractivity contribution in [2.45, 2.75) is 19.5 Å². The Kier molecular flexibility index (Phi) is 3.40. The maximum atomic E-state index is 6.11. The van der Waals surface area contributed by atoms with Crippen molar-refractivity contribution >= 4 is 17.3 Å². The van der Waals surface area contributed by atoms with Crippen molar-refractivity contribution < 1.29 is 0 Å². The average Bonchev–Trinajstić information content (AvgIpc) is 2.42. The van der Waals surface area contributed by atoms with E-state index < -0.39 is 0 Å². The van der Waals surface area contributed by atoms with E-state index in [0.29, 0.717) is 5.15 Å². The van der Waals surface area contributed by atoms with Gasteiger partial charge in [-0.05, 0) is 29.7 Å². The van der Waals surface area contributed by atoms with Gasteiger partial charge < -0.3 is 5.73 Å². The molecule has 0 saturated heterocycles. The predicted molar refractivity (Wildman–Crippen MR) is 77.9 cm³/mol. The number of aromatic nitrogens is 1. The van der Waals surface area contributed by atoms with Crippen molar-refractivity contribution in [2.75, 3.05) is 12.3 Å². The van der Waals surface area contributed by atoms with Crippen LogP contribution in [0.25, 0.3) is 0 Å². The fourth-order valence-electron chi connectivity index (χ4n) is 2.61. The van der Waals surface area contributed by atoms with Crippen molar-refractivity contribution in [3.05, 3.63) is 58.4 Å². The lowest BCUT2D eigenvalue weighted by atomic mass is 9.98. The molecule has 1 aromatic heterocycles. The Hall–Kier alpha value is -1.58. The van der Waals surface area contributed by atoms with Crippen LogP contribution in [-0.2, 0) is 19.5 Å². The highest BCUT2D eigenvalue weighted by Crippen LogP contribution is 2.25. The second kappa shape index (κ2) is 5.19. The third-order valence-corrected chi connectivity index (χ3v) is 3.95. The Balaban J connectivity index is 1.78. The first-order chi connectivity index (χ1) is 9.24. The van der Waals surface area contributed by atoms with E-state index in [1.165, 1.54) is 11.1 Å². The summed E-state index contributed by atoms with van der Waals surface area (Å²) in [4.78, 5) is 6.50. The molecule has 3 nitrogen and oxygen atoms in total. The second-order valence-corrected chi connectivity index (χ2v) is 5.26. The molecule has 4 heteroatoms. The third-order valence-electron chi connectivity index (χ3n) is 3.61. The number of benzene rings is 1. The summed E-state index contributed by atoms with van der Waals surface area (Å²) >= 11 is 6.11. The Labute approximate surface area is 118 Å². The molecule has 98 valence electrons. The van der Waals surface area contributed by atoms with Gasteiger partial charge in [0, 0.05) is 37.1 Å². The van der Waals surface area contributed by atoms with Gasteiger partial charge in [0.2, 0.25) is 0 Å². The molecule has 0 amide bonds. The molecule has 2 aromatic rings. The number of rotatable bonds is 2. The van der Waals surface area contributed by atoms with Crippen LogP contribution >= 0.6 is 11.6 Å². The highest BCUT2D eigenvalue weighted by molar-refractivity contribution is 6.30. The number of fused-ring (bicyclic) bond motifs is 1. The molecule has 0 aliphatic carbocycles. The summed E-state index contributed by atoms with van der Waals surface area (Å²) in [5.74, 6) is 0. The van der Waals surface area contributed by atoms with Crippen LogP contribution in [0.5, 0.6) is 0 Å². The predicted octanol–water partition coefficient (Wildman–Crippen LogP) is 2.88. The van der Waals surface area contributed by atoms with Gasteiger partial charge in [0.05, 0.1) is 0 Å². The summed E-state index contributed by atoms with van der Waals surface area (Å²) in [6, 6.07) is 10.1. The van der Waals surface area contributed by atoms with Crippen LogP contribution in [0.3, 0.4) is 0 Å². The second-order valence-electron chi connectivity index (χ2n) is 4.90. The number of nitrogens with two attached hydrogens (primary N) is 1. The molecule has 19 heavy (non-hydrogen) atoms. The van der Waals surface area contributed by atoms with Crippen LogP contribution in [0.2, 0.25) is 5.15 Å². The van der Waals surface area contributed by atoms with Crippen LogP contribution in [0.15, 0.2) is 36.5 Å². The quantitative estimate of drug-likeness (QED) is 0.676. The van der Waals surface area contributed by atoms with Gasteiger partial charge in [-0.25, -0.2) is 4.98 Å². The fourth-order valence-corrected chi connectivity index (χ4v) is 2.79. The van der Waals surface area contributed by atoms with Gasteiger partial charge in [-0.15, -0.1) is 0 Å². The zero-order valence-electron chi connectivity index (χ0n) is 10.6. The van der Waals surface area contributed by atoms with Gasteiger partial charge in [0.15, 0.2) is 0 Å². The number of anilines is 1. The first-order valence-corrected chi connectivity index (χ1v) is 6.80. The van der Waals surface area contributed by atoms with E-state index in [1.54, 1.807) is 6.20 Å². The molecule has 0 radical (unpaired) electrons. The standard InChI is InChI=1S/C15H16ClN3/c16-15-12(4-2-7-18-15)10-19-8-6-13-11(9-19)3-1-5-14(13)17/h1-5,7H,6,8-10,17H2. The number of pyridine rings is 1. The SMILES string of the molecule is Nc1cccc2c1CCN(Cc1cccnc1Cl)C2. The molecule has 0 unspecified atom stereocenters. The van der Waals surface area contributed by atoms with Crippen LogP contribution in [-0.4, -0.2) is 16.4 Å². The van der Waals surface area contributed by atoms with Crippen molar-refractivity contribution in [1.29, 1.82) is 0 Å². The van der Waals surface area contributed by atoms with E-state index in [2.05, 4.69) is 16.0 Å². The van der Waals surface area contributed by atoms with Gasteiger partial charge in [-0.2, -0.15) is 0 Å². The lowest BCUT2D eigenvalue weighted by Gasteiger charge is -2.29. The van der Waals surface area contributed by atoms with Crippen molar-refractivity contribution in [1.82, 2.24) is 9.88 Å². The number of hydrogen-bond acceptors (Lipinski definition) is 3. The Morgan fingerprint density at radius 3 is 3.00 bits per heavy atom. The summed E-state index contributed by atoms with van der Waals surface area (Å²) in [7, 11) is 0. The zero-order chi connectivity index (χ0) is 13.2. The van der Waals surface area contributed by atoms with E-state index in [0.717, 1.165) is 37.3 Å². The van der Waals surface area contributed by atoms with Gasteiger partial charge in [-0.1, -0.05) is 29.8 Å². The maximum absolute atomic E-state index is 6.11. The van der Waals surface area contributed by atoms with Gasteiger partial charge >= 0.3 is 0 Å². The molecule has 1 aliphatic heterocycles. The molecule has 2 heterocycles. The number of nitrogen functional groups attached to an aromatic ring is 1. The first-order valence-electron chi connectivity index (χ1n) is 6.42. The van der Waals surface area contributed by atoms with Crippen molar-refractivity contribution in [3.63, 3.8) is 0 Å². The molecule has 3 rings (SSSR count). The van der Waals surface area contributed by atoms with E-state index in [4.69, 9.17) is 17.3 Å². The molecule has 1 aliphatic rings. The number of halogens is 1. The molecule has 2 N–H and O–H groups in total. The van der Waals surface area contributed by atoms with Crippen LogP contribution < -0.4 is 5.73 Å². The number of nitrogens with zero attached hydrogens (tertiary/aromatic N) is 2. The summed E-state index contributed by atoms with van der Waals surface area (Å²) < 4.78 is 0. The minimum atomic E-state index is 0.598. The van der Waals surface area contributed by atoms with Crippen molar-refractivity contribution in [2.24, 2.45) is 0 Å². The summed E-state index contributed by atoms with van der Waals surface area (Å²) in [6.07, 6.45) is 2.72. The minimum absolute atomic E-state index is 0.598. The average molecular weight is 274 g/mol. The lowest BCUT2D eigenvalue weighted by Crippen LogP contribution is -2.30. The van der Waals surface area contributed by atoms with E-state index in [9.17, 15) is 0 Å².